The molecule has 1 fully saturated rings. The van der Waals surface area contributed by atoms with Crippen LogP contribution in [0.4, 0.5) is 0 Å². The monoisotopic (exact) mass is 273 g/mol. The molecule has 2 aliphatic rings. The van der Waals surface area contributed by atoms with E-state index in [1.165, 1.54) is 0 Å². The van der Waals surface area contributed by atoms with E-state index in [0.717, 1.165) is 5.70 Å². The van der Waals surface area contributed by atoms with Crippen molar-refractivity contribution in [1.29, 1.82) is 5.26 Å². The topological polar surface area (TPSA) is 65.4 Å². The largest absolute Gasteiger partial charge is 0.465 e. The lowest BCUT2D eigenvalue weighted by Crippen LogP contribution is -2.43. The van der Waals surface area contributed by atoms with E-state index in [9.17, 15) is 10.1 Å². The van der Waals surface area contributed by atoms with Gasteiger partial charge in [-0.3, -0.25) is 4.79 Å². The van der Waals surface area contributed by atoms with Gasteiger partial charge in [0.2, 0.25) is 0 Å². The standard InChI is InChI=1S/C15H19N3O2/c1-2-20-14(19)15(12-16)6-10-18(11-7-15)13-4-3-8-17-9-5-13/h3-5,8-9,17H,2,6-7,10-11H2,1H3. The molecule has 2 rings (SSSR count). The molecule has 0 aromatic heterocycles. The number of nitrogens with one attached hydrogen (secondary N) is 1. The van der Waals surface area contributed by atoms with Gasteiger partial charge in [0, 0.05) is 31.2 Å². The first-order valence-electron chi connectivity index (χ1n) is 6.85. The molecule has 0 aromatic carbocycles. The summed E-state index contributed by atoms with van der Waals surface area (Å²) in [6.45, 7) is 3.43. The quantitative estimate of drug-likeness (QED) is 0.792. The Kier molecular flexibility index (Phi) is 4.46. The van der Waals surface area contributed by atoms with Gasteiger partial charge >= 0.3 is 5.97 Å². The lowest BCUT2D eigenvalue weighted by molar-refractivity contribution is -0.154. The summed E-state index contributed by atoms with van der Waals surface area (Å²) in [4.78, 5) is 14.2. The molecule has 2 aliphatic heterocycles. The Labute approximate surface area is 119 Å². The number of ether oxygens (including phenoxy) is 1. The van der Waals surface area contributed by atoms with Crippen LogP contribution in [-0.4, -0.2) is 30.6 Å². The van der Waals surface area contributed by atoms with Crippen LogP contribution in [0.3, 0.4) is 0 Å². The Morgan fingerprint density at radius 1 is 1.50 bits per heavy atom. The fourth-order valence-electron chi connectivity index (χ4n) is 2.44. The van der Waals surface area contributed by atoms with Crippen molar-refractivity contribution in [3.63, 3.8) is 0 Å². The van der Waals surface area contributed by atoms with Crippen LogP contribution in [0.15, 0.2) is 36.3 Å². The molecule has 20 heavy (non-hydrogen) atoms. The predicted molar refractivity (Wildman–Crippen MR) is 75.0 cm³/mol. The zero-order valence-corrected chi connectivity index (χ0v) is 11.6. The maximum Gasteiger partial charge on any atom is 0.326 e. The smallest absolute Gasteiger partial charge is 0.326 e. The number of nitriles is 1. The first-order valence-corrected chi connectivity index (χ1v) is 6.85. The highest BCUT2D eigenvalue weighted by Crippen LogP contribution is 2.33. The molecular formula is C15H19N3O2. The molecule has 0 amide bonds. The van der Waals surface area contributed by atoms with Gasteiger partial charge in [-0.25, -0.2) is 0 Å². The molecule has 0 saturated carbocycles. The number of allylic oxidation sites excluding steroid dienone is 3. The fraction of sp³-hybridized carbons (Fsp3) is 0.467. The van der Waals surface area contributed by atoms with E-state index in [1.54, 1.807) is 6.92 Å². The van der Waals surface area contributed by atoms with E-state index in [2.05, 4.69) is 16.3 Å². The zero-order valence-electron chi connectivity index (χ0n) is 11.6. The third-order valence-electron chi connectivity index (χ3n) is 3.67. The van der Waals surface area contributed by atoms with Gasteiger partial charge in [0.1, 0.15) is 0 Å². The van der Waals surface area contributed by atoms with E-state index in [-0.39, 0.29) is 5.97 Å². The maximum atomic E-state index is 12.0. The summed E-state index contributed by atoms with van der Waals surface area (Å²) < 4.78 is 5.05. The second-order valence-corrected chi connectivity index (χ2v) is 4.85. The van der Waals surface area contributed by atoms with Gasteiger partial charge in [-0.2, -0.15) is 5.26 Å². The molecule has 0 aromatic rings. The number of rotatable bonds is 3. The average Bonchev–Trinajstić information content (AvgIpc) is 2.76. The minimum absolute atomic E-state index is 0.316. The molecule has 2 heterocycles. The minimum Gasteiger partial charge on any atom is -0.465 e. The number of piperidine rings is 1. The Hall–Kier alpha value is -2.22. The van der Waals surface area contributed by atoms with Crippen molar-refractivity contribution in [2.24, 2.45) is 5.41 Å². The van der Waals surface area contributed by atoms with Crippen molar-refractivity contribution in [3.05, 3.63) is 36.3 Å². The molecule has 0 spiro atoms. The second kappa shape index (κ2) is 6.29. The summed E-state index contributed by atoms with van der Waals surface area (Å²) >= 11 is 0. The summed E-state index contributed by atoms with van der Waals surface area (Å²) in [7, 11) is 0. The molecule has 0 unspecified atom stereocenters. The van der Waals surface area contributed by atoms with Crippen LogP contribution in [0.1, 0.15) is 19.8 Å². The molecule has 0 radical (unpaired) electrons. The molecule has 0 atom stereocenters. The van der Waals surface area contributed by atoms with Crippen molar-refractivity contribution >= 4 is 5.97 Å². The van der Waals surface area contributed by atoms with Gasteiger partial charge in [-0.1, -0.05) is 0 Å². The van der Waals surface area contributed by atoms with E-state index in [1.807, 2.05) is 30.6 Å². The summed E-state index contributed by atoms with van der Waals surface area (Å²) in [5.74, 6) is -0.380. The van der Waals surface area contributed by atoms with Crippen molar-refractivity contribution in [2.45, 2.75) is 19.8 Å². The van der Waals surface area contributed by atoms with Gasteiger partial charge in [-0.05, 0) is 38.0 Å². The number of likely N-dealkylation sites (tertiary alicyclic amines) is 1. The predicted octanol–water partition coefficient (Wildman–Crippen LogP) is 1.67. The molecule has 5 nitrogen and oxygen atoms in total. The van der Waals surface area contributed by atoms with Crippen LogP contribution in [0, 0.1) is 16.7 Å². The highest BCUT2D eigenvalue weighted by atomic mass is 16.5. The van der Waals surface area contributed by atoms with Crippen LogP contribution >= 0.6 is 0 Å². The lowest BCUT2D eigenvalue weighted by Gasteiger charge is -2.37. The van der Waals surface area contributed by atoms with E-state index in [0.29, 0.717) is 32.5 Å². The zero-order chi connectivity index (χ0) is 14.4. The SMILES string of the molecule is CCOC(=O)C1(C#N)CCN(C2=CC=CNC=C2)CC1. The number of carbonyl (C=O) groups excluding carboxylic acids is 1. The van der Waals surface area contributed by atoms with Gasteiger partial charge in [0.15, 0.2) is 5.41 Å². The van der Waals surface area contributed by atoms with Crippen molar-refractivity contribution in [3.8, 4) is 6.07 Å². The first kappa shape index (κ1) is 14.2. The summed E-state index contributed by atoms with van der Waals surface area (Å²) in [5.41, 5.74) is 0.108. The molecule has 106 valence electrons. The Morgan fingerprint density at radius 2 is 2.25 bits per heavy atom. The third kappa shape index (κ3) is 2.85. The van der Waals surface area contributed by atoms with Crippen molar-refractivity contribution in [1.82, 2.24) is 10.2 Å². The van der Waals surface area contributed by atoms with E-state index >= 15 is 0 Å². The molecule has 1 N–H and O–H groups in total. The number of carbonyl (C=O) groups is 1. The summed E-state index contributed by atoms with van der Waals surface area (Å²) in [6.07, 6.45) is 10.7. The molecular weight excluding hydrogens is 254 g/mol. The van der Waals surface area contributed by atoms with Crippen LogP contribution in [-0.2, 0) is 9.53 Å². The molecule has 5 heteroatoms. The van der Waals surface area contributed by atoms with Gasteiger partial charge in [-0.15, -0.1) is 0 Å². The Balaban J connectivity index is 2.04. The summed E-state index contributed by atoms with van der Waals surface area (Å²) in [5, 5.41) is 12.4. The second-order valence-electron chi connectivity index (χ2n) is 4.85. The van der Waals surface area contributed by atoms with Crippen molar-refractivity contribution < 1.29 is 9.53 Å². The number of hydrogen-bond donors (Lipinski definition) is 1. The van der Waals surface area contributed by atoms with Gasteiger partial charge in [0.25, 0.3) is 0 Å². The number of esters is 1. The Morgan fingerprint density at radius 3 is 2.90 bits per heavy atom. The number of hydrogen-bond acceptors (Lipinski definition) is 5. The molecule has 1 saturated heterocycles. The third-order valence-corrected chi connectivity index (χ3v) is 3.67. The van der Waals surface area contributed by atoms with Crippen LogP contribution in [0.25, 0.3) is 0 Å². The minimum atomic E-state index is -0.977. The molecule has 0 aliphatic carbocycles. The highest BCUT2D eigenvalue weighted by Gasteiger charge is 2.43. The van der Waals surface area contributed by atoms with Crippen LogP contribution in [0.5, 0.6) is 0 Å². The lowest BCUT2D eigenvalue weighted by atomic mass is 9.79. The average molecular weight is 273 g/mol. The normalized spacial score (nSPS) is 20.4. The summed E-state index contributed by atoms with van der Waals surface area (Å²) in [6, 6.07) is 2.17. The Bertz CT molecular complexity index is 492. The maximum absolute atomic E-state index is 12.0. The van der Waals surface area contributed by atoms with Gasteiger partial charge < -0.3 is 15.0 Å². The highest BCUT2D eigenvalue weighted by molar-refractivity contribution is 5.80. The van der Waals surface area contributed by atoms with Gasteiger partial charge in [0.05, 0.1) is 12.7 Å². The van der Waals surface area contributed by atoms with Crippen LogP contribution in [0.2, 0.25) is 0 Å². The number of nitrogens with zero attached hydrogens (tertiary/aromatic N) is 2. The van der Waals surface area contributed by atoms with E-state index in [4.69, 9.17) is 4.74 Å². The van der Waals surface area contributed by atoms with Crippen LogP contribution < -0.4 is 5.32 Å². The van der Waals surface area contributed by atoms with Crippen molar-refractivity contribution in [2.75, 3.05) is 19.7 Å². The fourth-order valence-corrected chi connectivity index (χ4v) is 2.44. The molecule has 0 bridgehead atoms. The van der Waals surface area contributed by atoms with E-state index < -0.39 is 5.41 Å². The first-order chi connectivity index (χ1) is 9.72.